The van der Waals surface area contributed by atoms with Crippen LogP contribution in [-0.4, -0.2) is 12.1 Å². The molecule has 0 bridgehead atoms. The number of pyridine rings is 1. The van der Waals surface area contributed by atoms with E-state index in [2.05, 4.69) is 20.9 Å². The Kier molecular flexibility index (Phi) is 3.24. The molecule has 90 valence electrons. The van der Waals surface area contributed by atoms with Gasteiger partial charge < -0.3 is 9.72 Å². The quantitative estimate of drug-likeness (QED) is 0.925. The number of rotatable bonds is 2. The van der Waals surface area contributed by atoms with Crippen LogP contribution in [0.25, 0.3) is 10.9 Å². The van der Waals surface area contributed by atoms with Gasteiger partial charge in [-0.2, -0.15) is 0 Å². The lowest BCUT2D eigenvalue weighted by Crippen LogP contribution is -2.14. The number of aromatic nitrogens is 1. The zero-order valence-corrected chi connectivity index (χ0v) is 11.6. The van der Waals surface area contributed by atoms with Gasteiger partial charge in [0.15, 0.2) is 0 Å². The Bertz CT molecular complexity index is 631. The van der Waals surface area contributed by atoms with Crippen LogP contribution in [0.1, 0.15) is 18.1 Å². The molecule has 0 saturated carbocycles. The zero-order valence-electron chi connectivity index (χ0n) is 10.1. The summed E-state index contributed by atoms with van der Waals surface area (Å²) in [5.74, 6) is 0.773. The summed E-state index contributed by atoms with van der Waals surface area (Å²) in [6.07, 6.45) is 0.723. The first-order chi connectivity index (χ1) is 8.10. The average Bonchev–Trinajstić information content (AvgIpc) is 2.29. The van der Waals surface area contributed by atoms with Gasteiger partial charge in [-0.3, -0.25) is 4.79 Å². The number of ether oxygens (including phenoxy) is 1. The molecule has 0 unspecified atom stereocenters. The van der Waals surface area contributed by atoms with Crippen LogP contribution in [0.3, 0.4) is 0 Å². The molecule has 2 aromatic rings. The Labute approximate surface area is 108 Å². The molecule has 1 aromatic carbocycles. The van der Waals surface area contributed by atoms with Gasteiger partial charge >= 0.3 is 0 Å². The summed E-state index contributed by atoms with van der Waals surface area (Å²) in [6, 6.07) is 3.71. The molecular formula is C13H14BrNO2. The van der Waals surface area contributed by atoms with Crippen LogP contribution in [0, 0.1) is 6.92 Å². The molecule has 2 rings (SSSR count). The lowest BCUT2D eigenvalue weighted by molar-refractivity contribution is 0.413. The summed E-state index contributed by atoms with van der Waals surface area (Å²) in [6.45, 7) is 3.96. The second-order valence-corrected chi connectivity index (χ2v) is 4.71. The largest absolute Gasteiger partial charge is 0.496 e. The number of hydrogen-bond acceptors (Lipinski definition) is 2. The minimum atomic E-state index is -0.00503. The van der Waals surface area contributed by atoms with Crippen LogP contribution in [0.15, 0.2) is 21.4 Å². The number of aromatic amines is 1. The number of fused-ring (bicyclic) bond motifs is 1. The number of hydrogen-bond donors (Lipinski definition) is 1. The van der Waals surface area contributed by atoms with Crippen molar-refractivity contribution in [2.45, 2.75) is 20.3 Å². The molecule has 17 heavy (non-hydrogen) atoms. The molecule has 4 heteroatoms. The second-order valence-electron chi connectivity index (χ2n) is 3.92. The molecular weight excluding hydrogens is 282 g/mol. The van der Waals surface area contributed by atoms with Gasteiger partial charge in [-0.15, -0.1) is 0 Å². The molecule has 0 radical (unpaired) electrons. The third-order valence-electron chi connectivity index (χ3n) is 3.03. The highest BCUT2D eigenvalue weighted by molar-refractivity contribution is 9.10. The van der Waals surface area contributed by atoms with Crippen molar-refractivity contribution in [1.82, 2.24) is 4.98 Å². The van der Waals surface area contributed by atoms with Crippen LogP contribution in [0.5, 0.6) is 5.75 Å². The van der Waals surface area contributed by atoms with E-state index in [4.69, 9.17) is 4.74 Å². The molecule has 0 aliphatic carbocycles. The van der Waals surface area contributed by atoms with Crippen LogP contribution in [-0.2, 0) is 6.42 Å². The van der Waals surface area contributed by atoms with Gasteiger partial charge in [0.1, 0.15) is 5.75 Å². The Morgan fingerprint density at radius 2 is 2.12 bits per heavy atom. The molecule has 0 spiro atoms. The average molecular weight is 296 g/mol. The van der Waals surface area contributed by atoms with E-state index in [-0.39, 0.29) is 5.56 Å². The van der Waals surface area contributed by atoms with E-state index in [1.807, 2.05) is 26.0 Å². The van der Waals surface area contributed by atoms with Gasteiger partial charge in [-0.1, -0.05) is 6.92 Å². The maximum atomic E-state index is 11.8. The number of nitrogens with one attached hydrogen (secondary N) is 1. The Morgan fingerprint density at radius 1 is 1.41 bits per heavy atom. The summed E-state index contributed by atoms with van der Waals surface area (Å²) in [5, 5.41) is 1.01. The highest BCUT2D eigenvalue weighted by atomic mass is 79.9. The topological polar surface area (TPSA) is 42.1 Å². The maximum Gasteiger partial charge on any atom is 0.251 e. The van der Waals surface area contributed by atoms with Gasteiger partial charge in [0.05, 0.1) is 11.6 Å². The molecule has 0 fully saturated rings. The molecule has 0 atom stereocenters. The molecule has 0 amide bonds. The fraction of sp³-hybridized carbons (Fsp3) is 0.308. The molecule has 0 saturated heterocycles. The smallest absolute Gasteiger partial charge is 0.251 e. The third kappa shape index (κ3) is 1.86. The van der Waals surface area contributed by atoms with E-state index in [1.54, 1.807) is 7.11 Å². The first-order valence-corrected chi connectivity index (χ1v) is 6.27. The fourth-order valence-electron chi connectivity index (χ4n) is 2.13. The summed E-state index contributed by atoms with van der Waals surface area (Å²) in [5.41, 5.74) is 2.66. The normalized spacial score (nSPS) is 10.8. The Balaban J connectivity index is 2.94. The lowest BCUT2D eigenvalue weighted by Gasteiger charge is -2.11. The summed E-state index contributed by atoms with van der Waals surface area (Å²) < 4.78 is 6.16. The number of H-pyrrole nitrogens is 1. The summed E-state index contributed by atoms with van der Waals surface area (Å²) >= 11 is 3.53. The van der Waals surface area contributed by atoms with E-state index in [0.29, 0.717) is 0 Å². The minimum absolute atomic E-state index is 0.00503. The van der Waals surface area contributed by atoms with E-state index in [1.165, 1.54) is 0 Å². The van der Waals surface area contributed by atoms with Crippen LogP contribution in [0.4, 0.5) is 0 Å². The van der Waals surface area contributed by atoms with Crippen molar-refractivity contribution >= 4 is 26.8 Å². The van der Waals surface area contributed by atoms with Crippen molar-refractivity contribution in [2.75, 3.05) is 7.11 Å². The highest BCUT2D eigenvalue weighted by Gasteiger charge is 2.12. The van der Waals surface area contributed by atoms with Crippen molar-refractivity contribution in [3.05, 3.63) is 38.1 Å². The molecule has 1 N–H and O–H groups in total. The summed E-state index contributed by atoms with van der Waals surface area (Å²) in [7, 11) is 1.63. The molecule has 3 nitrogen and oxygen atoms in total. The van der Waals surface area contributed by atoms with Crippen molar-refractivity contribution in [2.24, 2.45) is 0 Å². The zero-order chi connectivity index (χ0) is 12.6. The SMILES string of the molecule is CCc1c(C)c2c(Br)c(OC)ccc2[nH]c1=O. The van der Waals surface area contributed by atoms with Gasteiger partial charge in [-0.25, -0.2) is 0 Å². The maximum absolute atomic E-state index is 11.8. The second kappa shape index (κ2) is 4.53. The molecule has 1 heterocycles. The standard InChI is InChI=1S/C13H14BrNO2/c1-4-8-7(2)11-9(15-13(8)16)5-6-10(17-3)12(11)14/h5-6H,4H2,1-3H3,(H,15,16). The number of benzene rings is 1. The van der Waals surface area contributed by atoms with Gasteiger partial charge in [0.25, 0.3) is 5.56 Å². The van der Waals surface area contributed by atoms with E-state index in [9.17, 15) is 4.79 Å². The van der Waals surface area contributed by atoms with Crippen LogP contribution in [0.2, 0.25) is 0 Å². The molecule has 0 aliphatic heterocycles. The first-order valence-electron chi connectivity index (χ1n) is 5.48. The first kappa shape index (κ1) is 12.2. The lowest BCUT2D eigenvalue weighted by atomic mass is 10.0. The Hall–Kier alpha value is -1.29. The molecule has 1 aromatic heterocycles. The summed E-state index contributed by atoms with van der Waals surface area (Å²) in [4.78, 5) is 14.7. The monoisotopic (exact) mass is 295 g/mol. The molecule has 0 aliphatic rings. The van der Waals surface area contributed by atoms with Crippen molar-refractivity contribution < 1.29 is 4.74 Å². The van der Waals surface area contributed by atoms with Crippen molar-refractivity contribution in [1.29, 1.82) is 0 Å². The number of aryl methyl sites for hydroxylation is 1. The van der Waals surface area contributed by atoms with Gasteiger partial charge in [0.2, 0.25) is 0 Å². The third-order valence-corrected chi connectivity index (χ3v) is 3.82. The minimum Gasteiger partial charge on any atom is -0.496 e. The predicted octanol–water partition coefficient (Wildman–Crippen LogP) is 3.17. The number of halogens is 1. The van der Waals surface area contributed by atoms with E-state index >= 15 is 0 Å². The van der Waals surface area contributed by atoms with Gasteiger partial charge in [-0.05, 0) is 47.0 Å². The predicted molar refractivity (Wildman–Crippen MR) is 72.9 cm³/mol. The number of methoxy groups -OCH3 is 1. The fourth-order valence-corrected chi connectivity index (χ4v) is 2.94. The highest BCUT2D eigenvalue weighted by Crippen LogP contribution is 2.34. The van der Waals surface area contributed by atoms with Gasteiger partial charge in [0, 0.05) is 16.5 Å². The van der Waals surface area contributed by atoms with Crippen LogP contribution >= 0.6 is 15.9 Å². The van der Waals surface area contributed by atoms with Crippen LogP contribution < -0.4 is 10.3 Å². The van der Waals surface area contributed by atoms with E-state index < -0.39 is 0 Å². The van der Waals surface area contributed by atoms with E-state index in [0.717, 1.165) is 38.7 Å². The van der Waals surface area contributed by atoms with Crippen molar-refractivity contribution in [3.63, 3.8) is 0 Å². The van der Waals surface area contributed by atoms with Crippen molar-refractivity contribution in [3.8, 4) is 5.75 Å². The Morgan fingerprint density at radius 3 is 2.71 bits per heavy atom.